The number of Topliss-reactive ketones (excluding diaryl/α,β-unsaturated/α-hetero) is 1. The maximum atomic E-state index is 12.1. The van der Waals surface area contributed by atoms with Crippen molar-refractivity contribution in [2.45, 2.75) is 20.0 Å². The van der Waals surface area contributed by atoms with Gasteiger partial charge in [0.15, 0.2) is 5.78 Å². The third-order valence-electron chi connectivity index (χ3n) is 1.85. The van der Waals surface area contributed by atoms with E-state index in [0.717, 1.165) is 0 Å². The van der Waals surface area contributed by atoms with Gasteiger partial charge in [-0.3, -0.25) is 4.79 Å². The zero-order chi connectivity index (χ0) is 12.3. The first-order valence-electron chi connectivity index (χ1n) is 4.42. The lowest BCUT2D eigenvalue weighted by atomic mass is 10.1. The molecule has 0 atom stereocenters. The maximum absolute atomic E-state index is 12.1. The van der Waals surface area contributed by atoms with Crippen LogP contribution in [-0.4, -0.2) is 12.4 Å². The molecule has 0 fully saturated rings. The number of ketones is 1. The molecule has 0 aliphatic carbocycles. The topological polar surface area (TPSA) is 26.3 Å². The standard InChI is InChI=1S/C10H8Br2F2O2/c1-2-7(15)5-3-6(11)9(12)8(4-5)16-10(13)14/h3-4,10H,2H2,1H3. The summed E-state index contributed by atoms with van der Waals surface area (Å²) in [4.78, 5) is 11.4. The molecule has 0 bridgehead atoms. The van der Waals surface area contributed by atoms with Gasteiger partial charge in [0.2, 0.25) is 0 Å². The Morgan fingerprint density at radius 1 is 1.44 bits per heavy atom. The van der Waals surface area contributed by atoms with E-state index in [1.54, 1.807) is 13.0 Å². The van der Waals surface area contributed by atoms with Crippen molar-refractivity contribution in [3.63, 3.8) is 0 Å². The third kappa shape index (κ3) is 3.25. The first-order chi connectivity index (χ1) is 7.45. The van der Waals surface area contributed by atoms with E-state index in [1.165, 1.54) is 6.07 Å². The lowest BCUT2D eigenvalue weighted by molar-refractivity contribution is -0.0504. The molecule has 0 amide bonds. The molecule has 1 aromatic carbocycles. The van der Waals surface area contributed by atoms with Crippen LogP contribution in [0.15, 0.2) is 21.1 Å². The van der Waals surface area contributed by atoms with Crippen LogP contribution in [0, 0.1) is 0 Å². The zero-order valence-electron chi connectivity index (χ0n) is 8.27. The summed E-state index contributed by atoms with van der Waals surface area (Å²) in [6.07, 6.45) is 0.308. The number of carbonyl (C=O) groups is 1. The fourth-order valence-corrected chi connectivity index (χ4v) is 1.88. The van der Waals surface area contributed by atoms with Crippen molar-refractivity contribution in [2.75, 3.05) is 0 Å². The van der Waals surface area contributed by atoms with Crippen molar-refractivity contribution in [1.29, 1.82) is 0 Å². The van der Waals surface area contributed by atoms with Crippen molar-refractivity contribution in [1.82, 2.24) is 0 Å². The Morgan fingerprint density at radius 2 is 2.06 bits per heavy atom. The Hall–Kier alpha value is -0.490. The summed E-state index contributed by atoms with van der Waals surface area (Å²) in [5, 5.41) is 0. The highest BCUT2D eigenvalue weighted by atomic mass is 79.9. The van der Waals surface area contributed by atoms with Crippen molar-refractivity contribution in [3.8, 4) is 5.75 Å². The summed E-state index contributed by atoms with van der Waals surface area (Å²) in [7, 11) is 0. The number of ether oxygens (including phenoxy) is 1. The van der Waals surface area contributed by atoms with Crippen LogP contribution in [0.1, 0.15) is 23.7 Å². The fraction of sp³-hybridized carbons (Fsp3) is 0.300. The Balaban J connectivity index is 3.16. The van der Waals surface area contributed by atoms with E-state index < -0.39 is 6.61 Å². The van der Waals surface area contributed by atoms with Gasteiger partial charge < -0.3 is 4.74 Å². The Bertz CT molecular complexity index is 408. The van der Waals surface area contributed by atoms with Crippen LogP contribution < -0.4 is 4.74 Å². The van der Waals surface area contributed by atoms with Crippen molar-refractivity contribution in [3.05, 3.63) is 26.6 Å². The van der Waals surface area contributed by atoms with Crippen molar-refractivity contribution >= 4 is 37.6 Å². The highest BCUT2D eigenvalue weighted by Gasteiger charge is 2.15. The molecule has 16 heavy (non-hydrogen) atoms. The molecule has 0 saturated carbocycles. The van der Waals surface area contributed by atoms with Gasteiger partial charge in [-0.05, 0) is 44.0 Å². The third-order valence-corrected chi connectivity index (χ3v) is 3.83. The molecule has 0 heterocycles. The summed E-state index contributed by atoms with van der Waals surface area (Å²) in [5.74, 6) is -0.187. The Labute approximate surface area is 108 Å². The van der Waals surface area contributed by atoms with Gasteiger partial charge in [0, 0.05) is 16.5 Å². The Morgan fingerprint density at radius 3 is 2.56 bits per heavy atom. The number of alkyl halides is 2. The number of halogens is 4. The van der Waals surface area contributed by atoms with E-state index in [-0.39, 0.29) is 11.5 Å². The minimum absolute atomic E-state index is 0.0545. The lowest BCUT2D eigenvalue weighted by Crippen LogP contribution is -2.05. The van der Waals surface area contributed by atoms with Crippen molar-refractivity contribution in [2.24, 2.45) is 0 Å². The first-order valence-corrected chi connectivity index (χ1v) is 6.01. The van der Waals surface area contributed by atoms with E-state index in [2.05, 4.69) is 36.6 Å². The zero-order valence-corrected chi connectivity index (χ0v) is 11.4. The van der Waals surface area contributed by atoms with Crippen LogP contribution >= 0.6 is 31.9 Å². The molecule has 1 aromatic rings. The largest absolute Gasteiger partial charge is 0.434 e. The molecule has 0 N–H and O–H groups in total. The van der Waals surface area contributed by atoms with Gasteiger partial charge in [0.25, 0.3) is 0 Å². The molecule has 88 valence electrons. The van der Waals surface area contributed by atoms with Crippen LogP contribution in [0.25, 0.3) is 0 Å². The molecule has 0 aromatic heterocycles. The summed E-state index contributed by atoms with van der Waals surface area (Å²) in [6.45, 7) is -1.22. The minimum Gasteiger partial charge on any atom is -0.434 e. The summed E-state index contributed by atoms with van der Waals surface area (Å²) in [5.41, 5.74) is 0.341. The van der Waals surface area contributed by atoms with Gasteiger partial charge in [-0.2, -0.15) is 8.78 Å². The molecule has 0 aliphatic rings. The molecule has 0 saturated heterocycles. The molecule has 6 heteroatoms. The summed E-state index contributed by atoms with van der Waals surface area (Å²) >= 11 is 6.26. The highest BCUT2D eigenvalue weighted by molar-refractivity contribution is 9.13. The van der Waals surface area contributed by atoms with E-state index in [9.17, 15) is 13.6 Å². The molecule has 1 rings (SSSR count). The SMILES string of the molecule is CCC(=O)c1cc(Br)c(Br)c(OC(F)F)c1. The summed E-state index contributed by atoms with van der Waals surface area (Å²) < 4.78 is 29.4. The highest BCUT2D eigenvalue weighted by Crippen LogP contribution is 2.35. The molecule has 2 nitrogen and oxygen atoms in total. The number of rotatable bonds is 4. The number of hydrogen-bond acceptors (Lipinski definition) is 2. The summed E-state index contributed by atoms with van der Waals surface area (Å²) in [6, 6.07) is 2.86. The lowest BCUT2D eigenvalue weighted by Gasteiger charge is -2.10. The average Bonchev–Trinajstić information content (AvgIpc) is 2.22. The number of benzene rings is 1. The molecule has 0 unspecified atom stereocenters. The fourth-order valence-electron chi connectivity index (χ4n) is 1.11. The maximum Gasteiger partial charge on any atom is 0.387 e. The predicted octanol–water partition coefficient (Wildman–Crippen LogP) is 4.41. The minimum atomic E-state index is -2.92. The second-order valence-electron chi connectivity index (χ2n) is 2.93. The van der Waals surface area contributed by atoms with Crippen LogP contribution in [-0.2, 0) is 0 Å². The second-order valence-corrected chi connectivity index (χ2v) is 4.57. The van der Waals surface area contributed by atoms with Crippen LogP contribution in [0.4, 0.5) is 8.78 Å². The van der Waals surface area contributed by atoms with Crippen LogP contribution in [0.3, 0.4) is 0 Å². The monoisotopic (exact) mass is 356 g/mol. The van der Waals surface area contributed by atoms with Crippen molar-refractivity contribution < 1.29 is 18.3 Å². The van der Waals surface area contributed by atoms with Gasteiger partial charge in [-0.15, -0.1) is 0 Å². The molecular weight excluding hydrogens is 350 g/mol. The second kappa shape index (κ2) is 5.72. The Kier molecular flexibility index (Phi) is 4.86. The van der Waals surface area contributed by atoms with Crippen LogP contribution in [0.2, 0.25) is 0 Å². The first kappa shape index (κ1) is 13.6. The molecule has 0 spiro atoms. The van der Waals surface area contributed by atoms with E-state index in [0.29, 0.717) is 20.9 Å². The van der Waals surface area contributed by atoms with Gasteiger partial charge in [0.05, 0.1) is 4.47 Å². The number of hydrogen-bond donors (Lipinski definition) is 0. The van der Waals surface area contributed by atoms with Gasteiger partial charge >= 0.3 is 6.61 Å². The molecular formula is C10H8Br2F2O2. The normalized spacial score (nSPS) is 10.6. The van der Waals surface area contributed by atoms with E-state index in [1.807, 2.05) is 0 Å². The smallest absolute Gasteiger partial charge is 0.387 e. The quantitative estimate of drug-likeness (QED) is 0.746. The molecule has 0 radical (unpaired) electrons. The molecule has 0 aliphatic heterocycles. The number of carbonyl (C=O) groups excluding carboxylic acids is 1. The van der Waals surface area contributed by atoms with E-state index >= 15 is 0 Å². The van der Waals surface area contributed by atoms with Gasteiger partial charge in [-0.25, -0.2) is 0 Å². The van der Waals surface area contributed by atoms with E-state index in [4.69, 9.17) is 0 Å². The van der Waals surface area contributed by atoms with Crippen LogP contribution in [0.5, 0.6) is 5.75 Å². The van der Waals surface area contributed by atoms with Gasteiger partial charge in [0.1, 0.15) is 5.75 Å². The average molecular weight is 358 g/mol. The van der Waals surface area contributed by atoms with Gasteiger partial charge in [-0.1, -0.05) is 6.92 Å². The predicted molar refractivity (Wildman–Crippen MR) is 63.1 cm³/mol.